The summed E-state index contributed by atoms with van der Waals surface area (Å²) in [5, 5.41) is 0. The number of amides is 2. The summed E-state index contributed by atoms with van der Waals surface area (Å²) < 4.78 is 10.5. The Bertz CT molecular complexity index is 628. The molecule has 6 heteroatoms. The third-order valence-corrected chi connectivity index (χ3v) is 5.21. The van der Waals surface area contributed by atoms with Crippen LogP contribution in [0.2, 0.25) is 0 Å². The summed E-state index contributed by atoms with van der Waals surface area (Å²) >= 11 is 0. The first-order valence-corrected chi connectivity index (χ1v) is 9.44. The van der Waals surface area contributed by atoms with E-state index in [1.807, 2.05) is 34.1 Å². The lowest BCUT2D eigenvalue weighted by atomic mass is 9.95. The first-order valence-electron chi connectivity index (χ1n) is 9.44. The summed E-state index contributed by atoms with van der Waals surface area (Å²) in [6.45, 7) is 3.86. The number of morpholine rings is 1. The van der Waals surface area contributed by atoms with Gasteiger partial charge in [-0.05, 0) is 37.0 Å². The van der Waals surface area contributed by atoms with E-state index in [-0.39, 0.29) is 17.7 Å². The number of rotatable bonds is 5. The fraction of sp³-hybridized carbons (Fsp3) is 0.600. The molecule has 2 aliphatic rings. The Balaban J connectivity index is 1.51. The normalized spacial score (nSPS) is 20.7. The van der Waals surface area contributed by atoms with Crippen molar-refractivity contribution in [2.24, 2.45) is 5.92 Å². The van der Waals surface area contributed by atoms with Gasteiger partial charge in [0.25, 0.3) is 0 Å². The highest BCUT2D eigenvalue weighted by atomic mass is 16.5. The fourth-order valence-corrected chi connectivity index (χ4v) is 3.68. The van der Waals surface area contributed by atoms with Crippen LogP contribution in [0.4, 0.5) is 0 Å². The van der Waals surface area contributed by atoms with E-state index >= 15 is 0 Å². The molecule has 26 heavy (non-hydrogen) atoms. The zero-order valence-electron chi connectivity index (χ0n) is 15.5. The number of carbonyl (C=O) groups is 2. The number of ether oxygens (including phenoxy) is 2. The molecule has 0 aromatic heterocycles. The van der Waals surface area contributed by atoms with Crippen molar-refractivity contribution < 1.29 is 19.1 Å². The van der Waals surface area contributed by atoms with Crippen molar-refractivity contribution in [1.29, 1.82) is 0 Å². The van der Waals surface area contributed by atoms with E-state index in [0.29, 0.717) is 45.7 Å². The molecule has 2 heterocycles. The summed E-state index contributed by atoms with van der Waals surface area (Å²) in [6, 6.07) is 7.82. The van der Waals surface area contributed by atoms with Gasteiger partial charge in [-0.3, -0.25) is 9.59 Å². The number of nitrogens with zero attached hydrogens (tertiary/aromatic N) is 2. The van der Waals surface area contributed by atoms with Crippen molar-refractivity contribution in [3.8, 4) is 5.75 Å². The van der Waals surface area contributed by atoms with Crippen molar-refractivity contribution in [2.75, 3.05) is 46.5 Å². The highest BCUT2D eigenvalue weighted by Gasteiger charge is 2.31. The molecule has 0 N–H and O–H groups in total. The van der Waals surface area contributed by atoms with Gasteiger partial charge in [0.15, 0.2) is 0 Å². The van der Waals surface area contributed by atoms with E-state index in [0.717, 1.165) is 30.7 Å². The lowest BCUT2D eigenvalue weighted by Crippen LogP contribution is -2.49. The SMILES string of the molecule is COc1cccc(CCC(=O)N2CCCC(C(=O)N3CCOCC3)C2)c1. The molecule has 1 unspecified atom stereocenters. The molecule has 1 atom stereocenters. The van der Waals surface area contributed by atoms with Crippen LogP contribution in [0.25, 0.3) is 0 Å². The predicted octanol–water partition coefficient (Wildman–Crippen LogP) is 1.73. The molecular weight excluding hydrogens is 332 g/mol. The molecular formula is C20H28N2O4. The van der Waals surface area contributed by atoms with Crippen molar-refractivity contribution in [3.63, 3.8) is 0 Å². The van der Waals surface area contributed by atoms with Gasteiger partial charge in [0, 0.05) is 32.6 Å². The average molecular weight is 360 g/mol. The summed E-state index contributed by atoms with van der Waals surface area (Å²) in [5.74, 6) is 1.05. The van der Waals surface area contributed by atoms with Gasteiger partial charge in [-0.25, -0.2) is 0 Å². The second kappa shape index (κ2) is 9.03. The first kappa shape index (κ1) is 18.7. The van der Waals surface area contributed by atoms with Crippen LogP contribution in [0, 0.1) is 5.92 Å². The molecule has 2 saturated heterocycles. The van der Waals surface area contributed by atoms with Gasteiger partial charge in [-0.1, -0.05) is 12.1 Å². The third kappa shape index (κ3) is 4.75. The van der Waals surface area contributed by atoms with Crippen LogP contribution < -0.4 is 4.74 Å². The Labute approximate surface area is 155 Å². The second-order valence-corrected chi connectivity index (χ2v) is 6.97. The maximum atomic E-state index is 12.7. The Kier molecular flexibility index (Phi) is 6.50. The van der Waals surface area contributed by atoms with Crippen LogP contribution in [0.1, 0.15) is 24.8 Å². The van der Waals surface area contributed by atoms with E-state index in [1.165, 1.54) is 0 Å². The summed E-state index contributed by atoms with van der Waals surface area (Å²) in [7, 11) is 1.64. The molecule has 1 aromatic rings. The third-order valence-electron chi connectivity index (χ3n) is 5.21. The van der Waals surface area contributed by atoms with E-state index < -0.39 is 0 Å². The number of hydrogen-bond acceptors (Lipinski definition) is 4. The molecule has 142 valence electrons. The average Bonchev–Trinajstić information content (AvgIpc) is 2.72. The van der Waals surface area contributed by atoms with Crippen LogP contribution >= 0.6 is 0 Å². The summed E-state index contributed by atoms with van der Waals surface area (Å²) in [6.07, 6.45) is 2.92. The Morgan fingerprint density at radius 1 is 1.19 bits per heavy atom. The number of likely N-dealkylation sites (tertiary alicyclic amines) is 1. The largest absolute Gasteiger partial charge is 0.497 e. The molecule has 1 aromatic carbocycles. The van der Waals surface area contributed by atoms with Crippen LogP contribution in [-0.2, 0) is 20.7 Å². The van der Waals surface area contributed by atoms with Crippen molar-refractivity contribution >= 4 is 11.8 Å². The van der Waals surface area contributed by atoms with Crippen molar-refractivity contribution in [1.82, 2.24) is 9.80 Å². The van der Waals surface area contributed by atoms with Gasteiger partial charge in [-0.2, -0.15) is 0 Å². The maximum Gasteiger partial charge on any atom is 0.227 e. The van der Waals surface area contributed by atoms with E-state index in [1.54, 1.807) is 7.11 Å². The minimum absolute atomic E-state index is 0.0670. The maximum absolute atomic E-state index is 12.7. The van der Waals surface area contributed by atoms with E-state index in [4.69, 9.17) is 9.47 Å². The highest BCUT2D eigenvalue weighted by molar-refractivity contribution is 5.81. The van der Waals surface area contributed by atoms with Gasteiger partial charge < -0.3 is 19.3 Å². The standard InChI is InChI=1S/C20H28N2O4/c1-25-18-6-2-4-16(14-18)7-8-19(23)22-9-3-5-17(15-22)20(24)21-10-12-26-13-11-21/h2,4,6,14,17H,3,5,7-13,15H2,1H3. The fourth-order valence-electron chi connectivity index (χ4n) is 3.68. The molecule has 6 nitrogen and oxygen atoms in total. The molecule has 0 aliphatic carbocycles. The van der Waals surface area contributed by atoms with Crippen molar-refractivity contribution in [2.45, 2.75) is 25.7 Å². The monoisotopic (exact) mass is 360 g/mol. The Hall–Kier alpha value is -2.08. The van der Waals surface area contributed by atoms with Crippen LogP contribution in [0.3, 0.4) is 0 Å². The molecule has 2 amide bonds. The summed E-state index contributed by atoms with van der Waals surface area (Å²) in [5.41, 5.74) is 1.09. The Morgan fingerprint density at radius 3 is 2.77 bits per heavy atom. The number of piperidine rings is 1. The van der Waals surface area contributed by atoms with Gasteiger partial charge in [0.05, 0.1) is 26.2 Å². The topological polar surface area (TPSA) is 59.1 Å². The van der Waals surface area contributed by atoms with Gasteiger partial charge >= 0.3 is 0 Å². The lowest BCUT2D eigenvalue weighted by molar-refractivity contribution is -0.144. The second-order valence-electron chi connectivity index (χ2n) is 6.97. The molecule has 2 fully saturated rings. The number of methoxy groups -OCH3 is 1. The highest BCUT2D eigenvalue weighted by Crippen LogP contribution is 2.21. The number of aryl methyl sites for hydroxylation is 1. The molecule has 3 rings (SSSR count). The zero-order chi connectivity index (χ0) is 18.4. The number of hydrogen-bond donors (Lipinski definition) is 0. The zero-order valence-corrected chi connectivity index (χ0v) is 15.5. The summed E-state index contributed by atoms with van der Waals surface area (Å²) in [4.78, 5) is 29.1. The van der Waals surface area contributed by atoms with Crippen LogP contribution in [0.15, 0.2) is 24.3 Å². The minimum atomic E-state index is -0.0670. The Morgan fingerprint density at radius 2 is 2.00 bits per heavy atom. The van der Waals surface area contributed by atoms with Gasteiger partial charge in [-0.15, -0.1) is 0 Å². The van der Waals surface area contributed by atoms with Crippen LogP contribution in [-0.4, -0.2) is 68.1 Å². The predicted molar refractivity (Wildman–Crippen MR) is 98.0 cm³/mol. The first-order chi connectivity index (χ1) is 12.7. The molecule has 0 bridgehead atoms. The van der Waals surface area contributed by atoms with Gasteiger partial charge in [0.2, 0.25) is 11.8 Å². The molecule has 0 radical (unpaired) electrons. The molecule has 0 saturated carbocycles. The quantitative estimate of drug-likeness (QED) is 0.802. The van der Waals surface area contributed by atoms with Crippen LogP contribution in [0.5, 0.6) is 5.75 Å². The molecule has 0 spiro atoms. The van der Waals surface area contributed by atoms with E-state index in [2.05, 4.69) is 0 Å². The number of benzene rings is 1. The minimum Gasteiger partial charge on any atom is -0.497 e. The smallest absolute Gasteiger partial charge is 0.227 e. The van der Waals surface area contributed by atoms with E-state index in [9.17, 15) is 9.59 Å². The number of carbonyl (C=O) groups excluding carboxylic acids is 2. The van der Waals surface area contributed by atoms with Crippen molar-refractivity contribution in [3.05, 3.63) is 29.8 Å². The lowest BCUT2D eigenvalue weighted by Gasteiger charge is -2.36. The molecule has 2 aliphatic heterocycles. The van der Waals surface area contributed by atoms with Gasteiger partial charge in [0.1, 0.15) is 5.75 Å².